The summed E-state index contributed by atoms with van der Waals surface area (Å²) < 4.78 is 38.5. The summed E-state index contributed by atoms with van der Waals surface area (Å²) in [5, 5.41) is 10.0. The van der Waals surface area contributed by atoms with Crippen molar-refractivity contribution in [2.24, 2.45) is 0 Å². The number of carbonyl (C=O) groups excluding carboxylic acids is 2. The van der Waals surface area contributed by atoms with Gasteiger partial charge in [0, 0.05) is 5.56 Å². The van der Waals surface area contributed by atoms with Gasteiger partial charge in [-0.2, -0.15) is 0 Å². The van der Waals surface area contributed by atoms with Crippen LogP contribution in [0.4, 0.5) is 4.39 Å². The van der Waals surface area contributed by atoms with E-state index < -0.39 is 46.8 Å². The number of carbonyl (C=O) groups is 2. The highest BCUT2D eigenvalue weighted by Gasteiger charge is 2.37. The van der Waals surface area contributed by atoms with Gasteiger partial charge in [0.25, 0.3) is 5.56 Å². The molecule has 236 valence electrons. The van der Waals surface area contributed by atoms with E-state index in [1.54, 1.807) is 13.8 Å². The van der Waals surface area contributed by atoms with Crippen LogP contribution in [0.5, 0.6) is 5.75 Å². The molecule has 3 rings (SSSR count). The van der Waals surface area contributed by atoms with Crippen LogP contribution in [0.2, 0.25) is 0 Å². The van der Waals surface area contributed by atoms with Crippen LogP contribution in [0.3, 0.4) is 0 Å². The summed E-state index contributed by atoms with van der Waals surface area (Å²) in [7, 11) is 1.40. The van der Waals surface area contributed by atoms with E-state index in [2.05, 4.69) is 0 Å². The summed E-state index contributed by atoms with van der Waals surface area (Å²) in [6, 6.07) is 3.81. The third-order valence-corrected chi connectivity index (χ3v) is 8.18. The van der Waals surface area contributed by atoms with E-state index in [-0.39, 0.29) is 58.3 Å². The fourth-order valence-electron chi connectivity index (χ4n) is 4.59. The molecule has 0 aliphatic heterocycles. The molecule has 0 saturated heterocycles. The van der Waals surface area contributed by atoms with E-state index in [1.165, 1.54) is 50.6 Å². The third-order valence-electron chi connectivity index (χ3n) is 6.89. The molecule has 2 aromatic heterocycles. The molecule has 0 aliphatic rings. The van der Waals surface area contributed by atoms with Gasteiger partial charge in [-0.05, 0) is 64.8 Å². The number of nitrogens with zero attached hydrogens (tertiary/aromatic N) is 2. The van der Waals surface area contributed by atoms with Crippen molar-refractivity contribution in [2.45, 2.75) is 78.7 Å². The topological polar surface area (TPSA) is 135 Å². The van der Waals surface area contributed by atoms with Crippen molar-refractivity contribution in [2.75, 3.05) is 26.9 Å². The summed E-state index contributed by atoms with van der Waals surface area (Å²) >= 11 is 0.895. The molecular weight excluding hydrogens is 583 g/mol. The number of thiophene rings is 1. The first-order valence-corrected chi connectivity index (χ1v) is 14.9. The van der Waals surface area contributed by atoms with E-state index in [4.69, 9.17) is 18.9 Å². The molecule has 11 nitrogen and oxygen atoms in total. The van der Waals surface area contributed by atoms with Crippen LogP contribution in [0, 0.1) is 12.7 Å². The third kappa shape index (κ3) is 7.16. The van der Waals surface area contributed by atoms with Gasteiger partial charge in [0.05, 0.1) is 45.0 Å². The molecule has 0 fully saturated rings. The van der Waals surface area contributed by atoms with Crippen molar-refractivity contribution in [1.29, 1.82) is 0 Å². The normalized spacial score (nSPS) is 13.1. The fourth-order valence-corrected chi connectivity index (χ4v) is 5.78. The Bertz CT molecular complexity index is 1590. The van der Waals surface area contributed by atoms with Crippen LogP contribution in [-0.4, -0.2) is 59.2 Å². The van der Waals surface area contributed by atoms with Crippen molar-refractivity contribution in [1.82, 2.24) is 9.13 Å². The SMILES string of the molecule is CCCCOC(=O)C(C)(C)n1c(=O)c2c(C)c(C(=O)OCC)sc2n(C[C@H](OCC(C)O)c2cc(F)ccc2OC)c1=O. The lowest BCUT2D eigenvalue weighted by molar-refractivity contribution is -0.153. The Morgan fingerprint density at radius 3 is 2.47 bits per heavy atom. The van der Waals surface area contributed by atoms with Gasteiger partial charge in [0.15, 0.2) is 0 Å². The maximum atomic E-state index is 14.4. The van der Waals surface area contributed by atoms with Crippen LogP contribution < -0.4 is 16.0 Å². The van der Waals surface area contributed by atoms with Crippen LogP contribution in [0.1, 0.15) is 74.4 Å². The number of aryl methyl sites for hydroxylation is 1. The minimum Gasteiger partial charge on any atom is -0.496 e. The number of hydrogen-bond acceptors (Lipinski definition) is 10. The molecule has 3 aromatic rings. The second-order valence-corrected chi connectivity index (χ2v) is 11.6. The molecule has 1 N–H and O–H groups in total. The maximum Gasteiger partial charge on any atom is 0.348 e. The quantitative estimate of drug-likeness (QED) is 0.208. The number of ether oxygens (including phenoxy) is 4. The molecule has 2 heterocycles. The van der Waals surface area contributed by atoms with Gasteiger partial charge in [0.2, 0.25) is 0 Å². The van der Waals surface area contributed by atoms with Gasteiger partial charge in [-0.25, -0.2) is 23.3 Å². The first-order chi connectivity index (χ1) is 20.3. The van der Waals surface area contributed by atoms with Crippen LogP contribution in [-0.2, 0) is 31.1 Å². The zero-order valence-corrected chi connectivity index (χ0v) is 26.3. The number of rotatable bonds is 14. The summed E-state index contributed by atoms with van der Waals surface area (Å²) in [5.74, 6) is -1.77. The molecule has 13 heteroatoms. The molecule has 0 saturated carbocycles. The van der Waals surface area contributed by atoms with Crippen molar-refractivity contribution in [3.8, 4) is 5.75 Å². The molecule has 2 atom stereocenters. The molecule has 0 spiro atoms. The highest BCUT2D eigenvalue weighted by atomic mass is 32.1. The van der Waals surface area contributed by atoms with E-state index in [0.29, 0.717) is 6.42 Å². The number of aromatic nitrogens is 2. The lowest BCUT2D eigenvalue weighted by Crippen LogP contribution is -2.53. The second kappa shape index (κ2) is 14.3. The number of aliphatic hydroxyl groups is 1. The van der Waals surface area contributed by atoms with Gasteiger partial charge in [-0.1, -0.05) is 13.3 Å². The Morgan fingerprint density at radius 1 is 1.16 bits per heavy atom. The molecule has 0 amide bonds. The van der Waals surface area contributed by atoms with Gasteiger partial charge >= 0.3 is 17.6 Å². The van der Waals surface area contributed by atoms with Crippen molar-refractivity contribution in [3.63, 3.8) is 0 Å². The van der Waals surface area contributed by atoms with Crippen molar-refractivity contribution >= 4 is 33.5 Å². The Kier molecular flexibility index (Phi) is 11.3. The number of unbranched alkanes of at least 4 members (excludes halogenated alkanes) is 1. The standard InChI is InChI=1S/C30H39FN2O9S/c1-8-10-13-41-28(37)30(5,6)33-25(35)23-18(4)24(27(36)40-9-2)43-26(23)32(29(33)38)15-22(42-16-17(3)34)20-14-19(31)11-12-21(20)39-7/h11-12,14,17,22,34H,8-10,13,15-16H2,1-7H3/t17?,22-/m0/s1. The molecule has 1 aromatic carbocycles. The minimum atomic E-state index is -1.73. The van der Waals surface area contributed by atoms with Gasteiger partial charge in [-0.15, -0.1) is 11.3 Å². The summed E-state index contributed by atoms with van der Waals surface area (Å²) in [6.45, 7) is 9.21. The number of hydrogen-bond donors (Lipinski definition) is 1. The Hall–Kier alpha value is -3.55. The number of methoxy groups -OCH3 is 1. The summed E-state index contributed by atoms with van der Waals surface area (Å²) in [4.78, 5) is 54.5. The lowest BCUT2D eigenvalue weighted by atomic mass is 10.0. The molecule has 0 bridgehead atoms. The van der Waals surface area contributed by atoms with E-state index in [9.17, 15) is 28.7 Å². The van der Waals surface area contributed by atoms with Crippen LogP contribution in [0.25, 0.3) is 10.2 Å². The smallest absolute Gasteiger partial charge is 0.348 e. The summed E-state index contributed by atoms with van der Waals surface area (Å²) in [5.41, 5.74) is -2.85. The molecular formula is C30H39FN2O9S. The first kappa shape index (κ1) is 33.9. The lowest BCUT2D eigenvalue weighted by Gasteiger charge is -2.27. The molecule has 0 aliphatic carbocycles. The Morgan fingerprint density at radius 2 is 1.86 bits per heavy atom. The number of halogens is 1. The zero-order chi connectivity index (χ0) is 32.1. The first-order valence-electron chi connectivity index (χ1n) is 14.1. The van der Waals surface area contributed by atoms with Crippen molar-refractivity contribution < 1.29 is 38.0 Å². The molecule has 43 heavy (non-hydrogen) atoms. The number of benzene rings is 1. The largest absolute Gasteiger partial charge is 0.496 e. The maximum absolute atomic E-state index is 14.4. The Balaban J connectivity index is 2.36. The highest BCUT2D eigenvalue weighted by molar-refractivity contribution is 7.20. The fraction of sp³-hybridized carbons (Fsp3) is 0.533. The average molecular weight is 623 g/mol. The Labute approximate surface area is 252 Å². The van der Waals surface area contributed by atoms with E-state index in [0.717, 1.165) is 22.3 Å². The predicted molar refractivity (Wildman–Crippen MR) is 160 cm³/mol. The van der Waals surface area contributed by atoms with Gasteiger partial charge in [0.1, 0.15) is 32.9 Å². The monoisotopic (exact) mass is 622 g/mol. The van der Waals surface area contributed by atoms with Crippen LogP contribution in [0.15, 0.2) is 27.8 Å². The minimum absolute atomic E-state index is 0.0440. The van der Waals surface area contributed by atoms with Crippen molar-refractivity contribution in [3.05, 3.63) is 60.9 Å². The molecule has 1 unspecified atom stereocenters. The van der Waals surface area contributed by atoms with Gasteiger partial charge < -0.3 is 24.1 Å². The highest BCUT2D eigenvalue weighted by Crippen LogP contribution is 2.33. The average Bonchev–Trinajstić information content (AvgIpc) is 3.29. The van der Waals surface area contributed by atoms with E-state index in [1.807, 2.05) is 6.92 Å². The number of fused-ring (bicyclic) bond motifs is 1. The second-order valence-electron chi connectivity index (χ2n) is 10.6. The van der Waals surface area contributed by atoms with Crippen LogP contribution >= 0.6 is 11.3 Å². The van der Waals surface area contributed by atoms with Gasteiger partial charge in [-0.3, -0.25) is 9.36 Å². The number of aliphatic hydroxyl groups excluding tert-OH is 1. The predicted octanol–water partition coefficient (Wildman–Crippen LogP) is 4.07. The zero-order valence-electron chi connectivity index (χ0n) is 25.5. The summed E-state index contributed by atoms with van der Waals surface area (Å²) in [6.07, 6.45) is -0.581. The number of esters is 2. The van der Waals surface area contributed by atoms with E-state index >= 15 is 0 Å². The molecule has 0 radical (unpaired) electrons.